The molecule has 0 aliphatic heterocycles. The Kier molecular flexibility index (Phi) is 5.02. The van der Waals surface area contributed by atoms with Crippen molar-refractivity contribution in [3.05, 3.63) is 30.0 Å². The molecule has 0 fully saturated rings. The number of alkyl carbamates (subject to hydrolysis) is 1. The average molecular weight is 333 g/mol. The Morgan fingerprint density at radius 2 is 2.04 bits per heavy atom. The number of primary amides is 1. The smallest absolute Gasteiger partial charge is 0.407 e. The van der Waals surface area contributed by atoms with Crippen molar-refractivity contribution in [2.24, 2.45) is 5.73 Å². The minimum atomic E-state index is -0.635. The molecule has 1 aromatic carbocycles. The van der Waals surface area contributed by atoms with Gasteiger partial charge in [0.25, 0.3) is 0 Å². The summed E-state index contributed by atoms with van der Waals surface area (Å²) < 4.78 is 10.8. The fraction of sp³-hybridized carbons (Fsp3) is 0.412. The number of hydrogen-bond acceptors (Lipinski definition) is 4. The van der Waals surface area contributed by atoms with E-state index in [9.17, 15) is 9.59 Å². The van der Waals surface area contributed by atoms with Gasteiger partial charge in [-0.3, -0.25) is 0 Å². The Morgan fingerprint density at radius 3 is 2.67 bits per heavy atom. The molecule has 1 unspecified atom stereocenters. The standard InChI is InChI=1S/C17H23N3O4/c1-10(19-16(22)24-17(2,3)4)7-12-9-13(20-15(18)21)8-11-5-6-23-14(11)12/h5-6,8-10H,7H2,1-4H3,(H,19,22)(H3,18,20,21). The van der Waals surface area contributed by atoms with Crippen LogP contribution in [-0.2, 0) is 11.2 Å². The first kappa shape index (κ1) is 17.7. The van der Waals surface area contributed by atoms with Crippen molar-refractivity contribution in [1.82, 2.24) is 5.32 Å². The molecule has 7 nitrogen and oxygen atoms in total. The van der Waals surface area contributed by atoms with E-state index >= 15 is 0 Å². The largest absolute Gasteiger partial charge is 0.464 e. The zero-order valence-electron chi connectivity index (χ0n) is 14.3. The number of ether oxygens (including phenoxy) is 1. The summed E-state index contributed by atoms with van der Waals surface area (Å²) in [4.78, 5) is 22.9. The van der Waals surface area contributed by atoms with Gasteiger partial charge in [0.15, 0.2) is 0 Å². The second kappa shape index (κ2) is 6.82. The number of urea groups is 1. The number of amides is 3. The highest BCUT2D eigenvalue weighted by Gasteiger charge is 2.19. The maximum Gasteiger partial charge on any atom is 0.407 e. The first-order valence-corrected chi connectivity index (χ1v) is 7.70. The fourth-order valence-electron chi connectivity index (χ4n) is 2.41. The summed E-state index contributed by atoms with van der Waals surface area (Å²) in [6.45, 7) is 7.29. The van der Waals surface area contributed by atoms with Crippen LogP contribution in [0, 0.1) is 0 Å². The van der Waals surface area contributed by atoms with Crippen molar-refractivity contribution in [3.63, 3.8) is 0 Å². The lowest BCUT2D eigenvalue weighted by Gasteiger charge is -2.22. The summed E-state index contributed by atoms with van der Waals surface area (Å²) in [6, 6.07) is 4.54. The lowest BCUT2D eigenvalue weighted by atomic mass is 10.0. The number of fused-ring (bicyclic) bond motifs is 1. The van der Waals surface area contributed by atoms with Gasteiger partial charge in [0, 0.05) is 17.1 Å². The Morgan fingerprint density at radius 1 is 1.33 bits per heavy atom. The van der Waals surface area contributed by atoms with Crippen LogP contribution >= 0.6 is 0 Å². The number of nitrogens with one attached hydrogen (secondary N) is 2. The van der Waals surface area contributed by atoms with E-state index in [1.54, 1.807) is 24.5 Å². The number of hydrogen-bond donors (Lipinski definition) is 3. The van der Waals surface area contributed by atoms with Gasteiger partial charge in [-0.1, -0.05) is 0 Å². The highest BCUT2D eigenvalue weighted by Crippen LogP contribution is 2.26. The number of nitrogens with two attached hydrogens (primary N) is 1. The van der Waals surface area contributed by atoms with Crippen LogP contribution in [0.2, 0.25) is 0 Å². The average Bonchev–Trinajstić information content (AvgIpc) is 2.83. The molecule has 1 heterocycles. The first-order valence-electron chi connectivity index (χ1n) is 7.70. The molecule has 2 rings (SSSR count). The van der Waals surface area contributed by atoms with Gasteiger partial charge in [0.1, 0.15) is 11.2 Å². The van der Waals surface area contributed by atoms with E-state index in [4.69, 9.17) is 14.9 Å². The van der Waals surface area contributed by atoms with Crippen LogP contribution in [0.15, 0.2) is 28.9 Å². The summed E-state index contributed by atoms with van der Waals surface area (Å²) in [5.74, 6) is 0. The monoisotopic (exact) mass is 333 g/mol. The topological polar surface area (TPSA) is 107 Å². The molecular weight excluding hydrogens is 310 g/mol. The van der Waals surface area contributed by atoms with E-state index in [1.165, 1.54) is 0 Å². The molecule has 130 valence electrons. The summed E-state index contributed by atoms with van der Waals surface area (Å²) in [7, 11) is 0. The van der Waals surface area contributed by atoms with Gasteiger partial charge < -0.3 is 25.5 Å². The van der Waals surface area contributed by atoms with Crippen LogP contribution in [0.3, 0.4) is 0 Å². The van der Waals surface area contributed by atoms with Crippen LogP contribution in [0.1, 0.15) is 33.3 Å². The molecule has 0 aliphatic rings. The van der Waals surface area contributed by atoms with E-state index in [-0.39, 0.29) is 6.04 Å². The highest BCUT2D eigenvalue weighted by atomic mass is 16.6. The third-order valence-corrected chi connectivity index (χ3v) is 3.18. The van der Waals surface area contributed by atoms with Crippen molar-refractivity contribution < 1.29 is 18.7 Å². The molecule has 1 atom stereocenters. The zero-order valence-corrected chi connectivity index (χ0v) is 14.3. The normalized spacial score (nSPS) is 12.7. The van der Waals surface area contributed by atoms with E-state index in [0.29, 0.717) is 17.7 Å². The summed E-state index contributed by atoms with van der Waals surface area (Å²) >= 11 is 0. The van der Waals surface area contributed by atoms with Gasteiger partial charge in [-0.2, -0.15) is 0 Å². The molecule has 1 aromatic heterocycles. The van der Waals surface area contributed by atoms with Crippen LogP contribution in [-0.4, -0.2) is 23.8 Å². The van der Waals surface area contributed by atoms with Gasteiger partial charge in [0.05, 0.1) is 6.26 Å². The molecule has 0 spiro atoms. The van der Waals surface area contributed by atoms with Crippen molar-refractivity contribution in [2.75, 3.05) is 5.32 Å². The lowest BCUT2D eigenvalue weighted by Crippen LogP contribution is -2.38. The molecule has 0 radical (unpaired) electrons. The molecule has 0 saturated carbocycles. The minimum absolute atomic E-state index is 0.183. The molecule has 0 bridgehead atoms. The molecule has 3 amide bonds. The second-order valence-corrected chi connectivity index (χ2v) is 6.71. The molecule has 0 saturated heterocycles. The highest BCUT2D eigenvalue weighted by molar-refractivity contribution is 5.92. The van der Waals surface area contributed by atoms with Gasteiger partial charge in [-0.25, -0.2) is 9.59 Å². The summed E-state index contributed by atoms with van der Waals surface area (Å²) in [5.41, 5.74) is 6.76. The van der Waals surface area contributed by atoms with Crippen molar-refractivity contribution >= 4 is 28.8 Å². The third kappa shape index (κ3) is 4.91. The third-order valence-electron chi connectivity index (χ3n) is 3.18. The maximum absolute atomic E-state index is 11.9. The molecule has 7 heteroatoms. The van der Waals surface area contributed by atoms with E-state index in [1.807, 2.05) is 27.7 Å². The number of carbonyl (C=O) groups excluding carboxylic acids is 2. The number of anilines is 1. The Bertz CT molecular complexity index is 746. The van der Waals surface area contributed by atoms with Gasteiger partial charge in [0.2, 0.25) is 0 Å². The zero-order chi connectivity index (χ0) is 17.9. The Hall–Kier alpha value is -2.70. The molecule has 4 N–H and O–H groups in total. The van der Waals surface area contributed by atoms with Gasteiger partial charge in [-0.05, 0) is 57.9 Å². The number of benzene rings is 1. The van der Waals surface area contributed by atoms with Gasteiger partial charge in [-0.15, -0.1) is 0 Å². The van der Waals surface area contributed by atoms with Crippen LogP contribution in [0.25, 0.3) is 11.0 Å². The van der Waals surface area contributed by atoms with E-state index in [2.05, 4.69) is 10.6 Å². The number of rotatable bonds is 4. The van der Waals surface area contributed by atoms with Gasteiger partial charge >= 0.3 is 12.1 Å². The van der Waals surface area contributed by atoms with Crippen molar-refractivity contribution in [3.8, 4) is 0 Å². The predicted octanol–water partition coefficient (Wildman–Crippen LogP) is 3.38. The Balaban J connectivity index is 2.14. The number of carbonyl (C=O) groups is 2. The van der Waals surface area contributed by atoms with E-state index in [0.717, 1.165) is 10.9 Å². The summed E-state index contributed by atoms with van der Waals surface area (Å²) in [5, 5.41) is 6.19. The summed E-state index contributed by atoms with van der Waals surface area (Å²) in [6.07, 6.45) is 1.61. The quantitative estimate of drug-likeness (QED) is 0.797. The molecule has 24 heavy (non-hydrogen) atoms. The maximum atomic E-state index is 11.9. The number of furan rings is 1. The molecule has 0 aliphatic carbocycles. The minimum Gasteiger partial charge on any atom is -0.464 e. The predicted molar refractivity (Wildman–Crippen MR) is 92.0 cm³/mol. The fourth-order valence-corrected chi connectivity index (χ4v) is 2.41. The second-order valence-electron chi connectivity index (χ2n) is 6.71. The SMILES string of the molecule is CC(Cc1cc(NC(N)=O)cc2ccoc12)NC(=O)OC(C)(C)C. The van der Waals surface area contributed by atoms with Crippen molar-refractivity contribution in [2.45, 2.75) is 45.8 Å². The van der Waals surface area contributed by atoms with Crippen LogP contribution in [0.4, 0.5) is 15.3 Å². The molecule has 2 aromatic rings. The van der Waals surface area contributed by atoms with Crippen LogP contribution in [0.5, 0.6) is 0 Å². The molecular formula is C17H23N3O4. The lowest BCUT2D eigenvalue weighted by molar-refractivity contribution is 0.0508. The van der Waals surface area contributed by atoms with E-state index < -0.39 is 17.7 Å². The van der Waals surface area contributed by atoms with Crippen LogP contribution < -0.4 is 16.4 Å². The Labute approximate surface area is 140 Å². The van der Waals surface area contributed by atoms with Crippen molar-refractivity contribution in [1.29, 1.82) is 0 Å². The first-order chi connectivity index (χ1) is 11.1.